The molecule has 3 amide bonds. The van der Waals surface area contributed by atoms with Gasteiger partial charge < -0.3 is 24.5 Å². The molecule has 2 bridgehead atoms. The maximum atomic E-state index is 15.0. The van der Waals surface area contributed by atoms with E-state index in [4.69, 9.17) is 4.74 Å². The molecule has 0 aromatic heterocycles. The predicted octanol–water partition coefficient (Wildman–Crippen LogP) is 5.68. The van der Waals surface area contributed by atoms with Gasteiger partial charge >= 0.3 is 0 Å². The van der Waals surface area contributed by atoms with Gasteiger partial charge in [0, 0.05) is 34.5 Å². The first-order valence-corrected chi connectivity index (χ1v) is 17.8. The second kappa shape index (κ2) is 14.0. The number of rotatable bonds is 13. The number of likely N-dealkylation sites (tertiary alicyclic amines) is 1. The topological polar surface area (TPSA) is 90.4 Å². The molecular formula is C36H44BrN3O5S. The molecule has 46 heavy (non-hydrogen) atoms. The smallest absolute Gasteiger partial charge is 0.251 e. The van der Waals surface area contributed by atoms with E-state index in [-0.39, 0.29) is 47.5 Å². The Kier molecular flexibility index (Phi) is 10.4. The highest BCUT2D eigenvalue weighted by Gasteiger charge is 2.76. The Balaban J connectivity index is 1.61. The number of ether oxygens (including phenoxy) is 1. The van der Waals surface area contributed by atoms with Crippen LogP contribution >= 0.6 is 27.7 Å². The highest BCUT2D eigenvalue weighted by Crippen LogP contribution is 2.68. The summed E-state index contributed by atoms with van der Waals surface area (Å²) in [5.74, 6) is -1.32. The third-order valence-electron chi connectivity index (χ3n) is 9.59. The second-order valence-corrected chi connectivity index (χ2v) is 15.1. The lowest BCUT2D eigenvalue weighted by molar-refractivity contribution is -0.141. The zero-order valence-electron chi connectivity index (χ0n) is 27.0. The average Bonchev–Trinajstić information content (AvgIpc) is 3.64. The summed E-state index contributed by atoms with van der Waals surface area (Å²) >= 11 is 5.48. The number of benzene rings is 2. The monoisotopic (exact) mass is 709 g/mol. The average molecular weight is 711 g/mol. The first kappa shape index (κ1) is 34.3. The number of aryl methyl sites for hydroxylation is 2. The van der Waals surface area contributed by atoms with Gasteiger partial charge in [-0.25, -0.2) is 0 Å². The van der Waals surface area contributed by atoms with Gasteiger partial charge in [-0.1, -0.05) is 47.1 Å². The van der Waals surface area contributed by atoms with Crippen LogP contribution in [0.15, 0.2) is 67.8 Å². The minimum absolute atomic E-state index is 0.0839. The largest absolute Gasteiger partial charge is 0.494 e. The third-order valence-corrected chi connectivity index (χ3v) is 12.8. The molecule has 1 N–H and O–H groups in total. The lowest BCUT2D eigenvalue weighted by Crippen LogP contribution is -2.58. The van der Waals surface area contributed by atoms with Crippen molar-refractivity contribution in [2.45, 2.75) is 67.4 Å². The Labute approximate surface area is 285 Å². The molecule has 3 aliphatic rings. The highest BCUT2D eigenvalue weighted by atomic mass is 79.9. The first-order chi connectivity index (χ1) is 22.1. The van der Waals surface area contributed by atoms with Gasteiger partial charge in [0.25, 0.3) is 5.91 Å². The summed E-state index contributed by atoms with van der Waals surface area (Å²) < 4.78 is 4.76. The number of thioether (sulfide) groups is 1. The fourth-order valence-corrected chi connectivity index (χ4v) is 11.1. The summed E-state index contributed by atoms with van der Waals surface area (Å²) in [6.07, 6.45) is 4.40. The number of carbonyl (C=O) groups is 3. The van der Waals surface area contributed by atoms with Crippen molar-refractivity contribution in [2.75, 3.05) is 36.1 Å². The van der Waals surface area contributed by atoms with Crippen molar-refractivity contribution < 1.29 is 24.2 Å². The van der Waals surface area contributed by atoms with Crippen molar-refractivity contribution in [1.82, 2.24) is 4.90 Å². The van der Waals surface area contributed by atoms with Gasteiger partial charge in [-0.05, 0) is 75.1 Å². The van der Waals surface area contributed by atoms with Crippen LogP contribution in [0, 0.1) is 25.7 Å². The molecule has 7 atom stereocenters. The van der Waals surface area contributed by atoms with Gasteiger partial charge in [0.15, 0.2) is 0 Å². The van der Waals surface area contributed by atoms with E-state index in [1.807, 2.05) is 70.2 Å². The molecule has 8 nitrogen and oxygen atoms in total. The van der Waals surface area contributed by atoms with Crippen LogP contribution in [0.4, 0.5) is 11.4 Å². The quantitative estimate of drug-likeness (QED) is 0.213. The Morgan fingerprint density at radius 3 is 2.39 bits per heavy atom. The molecule has 0 aliphatic carbocycles. The number of carbonyl (C=O) groups excluding carboxylic acids is 3. The maximum absolute atomic E-state index is 15.0. The van der Waals surface area contributed by atoms with Crippen molar-refractivity contribution in [2.24, 2.45) is 11.8 Å². The number of nitrogens with zero attached hydrogens (tertiary/aromatic N) is 3. The summed E-state index contributed by atoms with van der Waals surface area (Å²) in [7, 11) is 0. The second-order valence-electron chi connectivity index (χ2n) is 12.3. The van der Waals surface area contributed by atoms with E-state index in [9.17, 15) is 19.5 Å². The van der Waals surface area contributed by atoms with Crippen LogP contribution in [0.25, 0.3) is 0 Å². The number of aliphatic hydroxyl groups excluding tert-OH is 1. The van der Waals surface area contributed by atoms with Crippen LogP contribution in [0.5, 0.6) is 5.75 Å². The van der Waals surface area contributed by atoms with Gasteiger partial charge in [0.05, 0.1) is 35.8 Å². The normalized spacial score (nSPS) is 26.9. The van der Waals surface area contributed by atoms with Gasteiger partial charge in [-0.15, -0.1) is 24.9 Å². The van der Waals surface area contributed by atoms with E-state index < -0.39 is 28.7 Å². The molecule has 1 spiro atoms. The molecule has 0 radical (unpaired) electrons. The number of hydrogen-bond acceptors (Lipinski definition) is 6. The van der Waals surface area contributed by atoms with E-state index in [0.29, 0.717) is 30.9 Å². The van der Waals surface area contributed by atoms with Crippen LogP contribution in [-0.2, 0) is 14.4 Å². The van der Waals surface area contributed by atoms with Gasteiger partial charge in [0.2, 0.25) is 11.8 Å². The molecule has 0 saturated carbocycles. The van der Waals surface area contributed by atoms with Crippen molar-refractivity contribution in [3.63, 3.8) is 0 Å². The highest BCUT2D eigenvalue weighted by molar-refractivity contribution is 9.09. The first-order valence-electron chi connectivity index (χ1n) is 16.0. The molecule has 3 heterocycles. The number of hydrogen-bond donors (Lipinski definition) is 1. The molecule has 5 rings (SSSR count). The van der Waals surface area contributed by atoms with E-state index in [0.717, 1.165) is 16.8 Å². The van der Waals surface area contributed by atoms with Crippen molar-refractivity contribution in [3.05, 3.63) is 78.9 Å². The Hall–Kier alpha value is -3.08. The Morgan fingerprint density at radius 2 is 1.78 bits per heavy atom. The molecule has 3 unspecified atom stereocenters. The van der Waals surface area contributed by atoms with Crippen LogP contribution < -0.4 is 14.5 Å². The third kappa shape index (κ3) is 5.70. The van der Waals surface area contributed by atoms with Crippen molar-refractivity contribution >= 4 is 56.8 Å². The molecule has 3 aliphatic heterocycles. The molecular weight excluding hydrogens is 666 g/mol. The summed E-state index contributed by atoms with van der Waals surface area (Å²) in [4.78, 5) is 49.3. The van der Waals surface area contributed by atoms with Gasteiger partial charge in [-0.2, -0.15) is 0 Å². The Morgan fingerprint density at radius 1 is 1.11 bits per heavy atom. The molecule has 246 valence electrons. The number of fused-ring (bicyclic) bond motifs is 1. The summed E-state index contributed by atoms with van der Waals surface area (Å²) in [6, 6.07) is 11.9. The van der Waals surface area contributed by atoms with Crippen LogP contribution in [-0.4, -0.2) is 80.9 Å². The van der Waals surface area contributed by atoms with E-state index >= 15 is 0 Å². The Bertz CT molecular complexity index is 1500. The summed E-state index contributed by atoms with van der Waals surface area (Å²) in [5.41, 5.74) is 3.40. The number of halogens is 1. The number of aliphatic hydroxyl groups is 1. The van der Waals surface area contributed by atoms with Gasteiger partial charge in [0.1, 0.15) is 11.8 Å². The molecule has 2 aromatic rings. The van der Waals surface area contributed by atoms with Crippen LogP contribution in [0.2, 0.25) is 0 Å². The lowest BCUT2D eigenvalue weighted by Gasteiger charge is -2.40. The fourth-order valence-electron chi connectivity index (χ4n) is 7.55. The summed E-state index contributed by atoms with van der Waals surface area (Å²) in [6.45, 7) is 16.4. The minimum atomic E-state index is -0.867. The number of anilines is 2. The SMILES string of the molecule is C=CCN(C(=O)[C@H]1[C@@H]2SC3(CC2Br)C(C(=O)N(CC=C)c2cc(C)ccc2C)N([C@@H](CC)CO)C(=O)[C@H]13)c1ccc(OCC)cc1. The van der Waals surface area contributed by atoms with Crippen molar-refractivity contribution in [3.8, 4) is 5.75 Å². The number of amides is 3. The minimum Gasteiger partial charge on any atom is -0.494 e. The predicted molar refractivity (Wildman–Crippen MR) is 189 cm³/mol. The van der Waals surface area contributed by atoms with Crippen LogP contribution in [0.1, 0.15) is 37.8 Å². The van der Waals surface area contributed by atoms with E-state index in [1.165, 1.54) is 0 Å². The zero-order chi connectivity index (χ0) is 33.3. The maximum Gasteiger partial charge on any atom is 0.251 e. The molecule has 2 aromatic carbocycles. The van der Waals surface area contributed by atoms with Crippen LogP contribution in [0.3, 0.4) is 0 Å². The standard InChI is InChI=1S/C36H44BrN3O5S/c1-7-17-38(25-13-15-26(16-14-25)45-10-4)33(42)29-30-34(43)40(24(9-3)21-41)32(36(30)20-27(37)31(29)46-36)35(44)39(18-8-2)28-19-22(5)11-12-23(28)6/h7-8,11-16,19,24,27,29-32,41H,1-2,9-10,17-18,20-21H2,3-6H3/t24-,27?,29+,30-,31+,32?,36?/m0/s1. The van der Waals surface area contributed by atoms with E-state index in [1.54, 1.807) is 38.6 Å². The van der Waals surface area contributed by atoms with Gasteiger partial charge in [-0.3, -0.25) is 14.4 Å². The zero-order valence-corrected chi connectivity index (χ0v) is 29.4. The van der Waals surface area contributed by atoms with Crippen molar-refractivity contribution in [1.29, 1.82) is 0 Å². The summed E-state index contributed by atoms with van der Waals surface area (Å²) in [5, 5.41) is 10.3. The van der Waals surface area contributed by atoms with E-state index in [2.05, 4.69) is 29.1 Å². The molecule has 3 saturated heterocycles. The molecule has 10 heteroatoms. The number of alkyl halides is 1. The lowest BCUT2D eigenvalue weighted by atomic mass is 9.70. The molecule has 3 fully saturated rings. The fraction of sp³-hybridized carbons (Fsp3) is 0.472.